The fourth-order valence-electron chi connectivity index (χ4n) is 3.45. The molecule has 3 aromatic rings. The molecule has 0 aliphatic carbocycles. The van der Waals surface area contributed by atoms with E-state index in [0.717, 1.165) is 47.5 Å². The lowest BCUT2D eigenvalue weighted by Gasteiger charge is -2.13. The van der Waals surface area contributed by atoms with Crippen molar-refractivity contribution in [1.82, 2.24) is 24.9 Å². The van der Waals surface area contributed by atoms with Crippen molar-refractivity contribution in [1.29, 1.82) is 0 Å². The molecule has 2 aromatic carbocycles. The highest BCUT2D eigenvalue weighted by Gasteiger charge is 2.09. The van der Waals surface area contributed by atoms with Crippen LogP contribution in [0, 0.1) is 6.92 Å². The Morgan fingerprint density at radius 2 is 1.87 bits per heavy atom. The highest BCUT2D eigenvalue weighted by atomic mass is 32.2. The van der Waals surface area contributed by atoms with Crippen LogP contribution in [0.2, 0.25) is 0 Å². The van der Waals surface area contributed by atoms with Crippen molar-refractivity contribution in [3.05, 3.63) is 65.5 Å². The maximum atomic E-state index is 11.8. The molecule has 0 fully saturated rings. The van der Waals surface area contributed by atoms with E-state index in [0.29, 0.717) is 12.5 Å². The normalized spacial score (nSPS) is 12.3. The van der Waals surface area contributed by atoms with Crippen molar-refractivity contribution >= 4 is 27.0 Å². The summed E-state index contributed by atoms with van der Waals surface area (Å²) in [5.41, 5.74) is 3.92. The fourth-order valence-corrected chi connectivity index (χ4v) is 4.21. The summed E-state index contributed by atoms with van der Waals surface area (Å²) < 4.78 is 28.1. The number of rotatable bonds is 9. The molecule has 0 radical (unpaired) electrons. The van der Waals surface area contributed by atoms with E-state index in [9.17, 15) is 8.42 Å². The van der Waals surface area contributed by atoms with E-state index < -0.39 is 10.0 Å². The molecule has 0 saturated carbocycles. The van der Waals surface area contributed by atoms with Gasteiger partial charge in [0.15, 0.2) is 5.96 Å². The molecule has 31 heavy (non-hydrogen) atoms. The van der Waals surface area contributed by atoms with Crippen molar-refractivity contribution in [2.45, 2.75) is 32.2 Å². The molecular formula is C22H30N6O2S. The quantitative estimate of drug-likeness (QED) is 0.268. The Morgan fingerprint density at radius 3 is 2.65 bits per heavy atom. The number of guanidine groups is 1. The Balaban J connectivity index is 1.48. The van der Waals surface area contributed by atoms with E-state index in [1.165, 1.54) is 7.05 Å². The summed E-state index contributed by atoms with van der Waals surface area (Å²) in [5.74, 6) is 1.69. The largest absolute Gasteiger partial charge is 0.356 e. The zero-order valence-corrected chi connectivity index (χ0v) is 19.0. The standard InChI is InChI=1S/C22H30N6O2S/c1-17-27-20-10-4-5-11-21(20)28(17)13-7-12-25-22(23-2)26-15-18-8-6-9-19(14-18)16-31(29,30)24-3/h4-6,8-11,14,24H,7,12-13,15-16H2,1-3H3,(H2,23,25,26). The number of sulfonamides is 1. The number of benzene rings is 2. The molecule has 0 atom stereocenters. The Kier molecular flexibility index (Phi) is 7.64. The molecule has 1 heterocycles. The molecule has 3 rings (SSSR count). The van der Waals surface area contributed by atoms with Crippen LogP contribution in [-0.2, 0) is 28.9 Å². The van der Waals surface area contributed by atoms with Gasteiger partial charge in [-0.05, 0) is 43.7 Å². The van der Waals surface area contributed by atoms with Gasteiger partial charge in [-0.2, -0.15) is 0 Å². The van der Waals surface area contributed by atoms with Crippen LogP contribution in [0.5, 0.6) is 0 Å². The highest BCUT2D eigenvalue weighted by molar-refractivity contribution is 7.88. The van der Waals surface area contributed by atoms with E-state index in [1.807, 2.05) is 49.4 Å². The third kappa shape index (κ3) is 6.28. The Bertz CT molecular complexity index is 1150. The summed E-state index contributed by atoms with van der Waals surface area (Å²) in [5, 5.41) is 6.61. The van der Waals surface area contributed by atoms with Crippen LogP contribution in [0.4, 0.5) is 0 Å². The van der Waals surface area contributed by atoms with Gasteiger partial charge in [-0.1, -0.05) is 36.4 Å². The lowest BCUT2D eigenvalue weighted by atomic mass is 10.1. The van der Waals surface area contributed by atoms with E-state index in [2.05, 4.69) is 36.0 Å². The van der Waals surface area contributed by atoms with Gasteiger partial charge in [-0.3, -0.25) is 4.99 Å². The Labute approximate surface area is 183 Å². The van der Waals surface area contributed by atoms with Crippen LogP contribution < -0.4 is 15.4 Å². The maximum absolute atomic E-state index is 11.8. The van der Waals surface area contributed by atoms with Crippen molar-refractivity contribution < 1.29 is 8.42 Å². The first kappa shape index (κ1) is 22.8. The zero-order chi connectivity index (χ0) is 22.3. The number of aryl methyl sites for hydroxylation is 2. The van der Waals surface area contributed by atoms with Crippen LogP contribution in [0.25, 0.3) is 11.0 Å². The summed E-state index contributed by atoms with van der Waals surface area (Å²) in [4.78, 5) is 8.88. The maximum Gasteiger partial charge on any atom is 0.215 e. The number of imidazole rings is 1. The van der Waals surface area contributed by atoms with Gasteiger partial charge in [0, 0.05) is 26.7 Å². The van der Waals surface area contributed by atoms with Crippen molar-refractivity contribution in [2.75, 3.05) is 20.6 Å². The summed E-state index contributed by atoms with van der Waals surface area (Å²) in [6.07, 6.45) is 0.930. The first-order valence-electron chi connectivity index (χ1n) is 10.3. The van der Waals surface area contributed by atoms with E-state index in [1.54, 1.807) is 7.05 Å². The minimum absolute atomic E-state index is 0.0351. The second-order valence-electron chi connectivity index (χ2n) is 7.29. The van der Waals surface area contributed by atoms with Crippen molar-refractivity contribution in [3.63, 3.8) is 0 Å². The molecule has 0 aliphatic heterocycles. The molecule has 0 amide bonds. The molecule has 9 heteroatoms. The molecular weight excluding hydrogens is 412 g/mol. The first-order chi connectivity index (χ1) is 14.9. The zero-order valence-electron chi connectivity index (χ0n) is 18.2. The van der Waals surface area contributed by atoms with Gasteiger partial charge in [0.1, 0.15) is 5.82 Å². The molecule has 0 bridgehead atoms. The minimum atomic E-state index is -3.29. The summed E-state index contributed by atoms with van der Waals surface area (Å²) in [6, 6.07) is 15.7. The number of hydrogen-bond donors (Lipinski definition) is 3. The van der Waals surface area contributed by atoms with E-state index >= 15 is 0 Å². The summed E-state index contributed by atoms with van der Waals surface area (Å²) in [7, 11) is -0.130. The number of para-hydroxylation sites is 2. The monoisotopic (exact) mass is 442 g/mol. The molecule has 8 nitrogen and oxygen atoms in total. The van der Waals surface area contributed by atoms with Gasteiger partial charge < -0.3 is 15.2 Å². The summed E-state index contributed by atoms with van der Waals surface area (Å²) >= 11 is 0. The van der Waals surface area contributed by atoms with Gasteiger partial charge >= 0.3 is 0 Å². The molecule has 3 N–H and O–H groups in total. The molecule has 0 unspecified atom stereocenters. The van der Waals surface area contributed by atoms with Crippen molar-refractivity contribution in [2.24, 2.45) is 4.99 Å². The topological polar surface area (TPSA) is 100 Å². The van der Waals surface area contributed by atoms with E-state index in [4.69, 9.17) is 0 Å². The average Bonchev–Trinajstić information content (AvgIpc) is 3.08. The molecule has 1 aromatic heterocycles. The minimum Gasteiger partial charge on any atom is -0.356 e. The number of nitrogens with one attached hydrogen (secondary N) is 3. The number of aliphatic imine (C=N–C) groups is 1. The summed E-state index contributed by atoms with van der Waals surface area (Å²) in [6.45, 7) is 4.23. The highest BCUT2D eigenvalue weighted by Crippen LogP contribution is 2.15. The van der Waals surface area contributed by atoms with Gasteiger partial charge in [0.05, 0.1) is 16.8 Å². The van der Waals surface area contributed by atoms with Gasteiger partial charge in [-0.25, -0.2) is 18.1 Å². The predicted octanol–water partition coefficient (Wildman–Crippen LogP) is 2.15. The van der Waals surface area contributed by atoms with Crippen LogP contribution >= 0.6 is 0 Å². The van der Waals surface area contributed by atoms with Crippen molar-refractivity contribution in [3.8, 4) is 0 Å². The predicted molar refractivity (Wildman–Crippen MR) is 125 cm³/mol. The average molecular weight is 443 g/mol. The molecule has 0 spiro atoms. The van der Waals surface area contributed by atoms with Crippen LogP contribution in [0.3, 0.4) is 0 Å². The Morgan fingerprint density at radius 1 is 1.10 bits per heavy atom. The molecule has 0 saturated heterocycles. The first-order valence-corrected chi connectivity index (χ1v) is 11.9. The lowest BCUT2D eigenvalue weighted by molar-refractivity contribution is 0.587. The number of hydrogen-bond acceptors (Lipinski definition) is 4. The van der Waals surface area contributed by atoms with Gasteiger partial charge in [0.25, 0.3) is 0 Å². The molecule has 166 valence electrons. The third-order valence-electron chi connectivity index (χ3n) is 5.04. The SMILES string of the molecule is CN=C(NCCCn1c(C)nc2ccccc21)NCc1cccc(CS(=O)(=O)NC)c1. The number of aromatic nitrogens is 2. The lowest BCUT2D eigenvalue weighted by Crippen LogP contribution is -2.37. The third-order valence-corrected chi connectivity index (χ3v) is 6.37. The van der Waals surface area contributed by atoms with E-state index in [-0.39, 0.29) is 5.75 Å². The van der Waals surface area contributed by atoms with Crippen LogP contribution in [-0.4, -0.2) is 44.6 Å². The smallest absolute Gasteiger partial charge is 0.215 e. The van der Waals surface area contributed by atoms with Crippen LogP contribution in [0.1, 0.15) is 23.4 Å². The number of nitrogens with zero attached hydrogens (tertiary/aromatic N) is 3. The second-order valence-corrected chi connectivity index (χ2v) is 9.22. The van der Waals surface area contributed by atoms with Gasteiger partial charge in [0.2, 0.25) is 10.0 Å². The fraction of sp³-hybridized carbons (Fsp3) is 0.364. The second kappa shape index (κ2) is 10.4. The molecule has 0 aliphatic rings. The van der Waals surface area contributed by atoms with Gasteiger partial charge in [-0.15, -0.1) is 0 Å². The number of fused-ring (bicyclic) bond motifs is 1. The Hall–Kier alpha value is -2.91. The van der Waals surface area contributed by atoms with Crippen LogP contribution in [0.15, 0.2) is 53.5 Å².